The molecule has 0 aromatic carbocycles. The molecule has 3 N–H and O–H groups in total. The zero-order valence-corrected chi connectivity index (χ0v) is 10.9. The number of amides is 1. The lowest BCUT2D eigenvalue weighted by Crippen LogP contribution is -2.42. The molecule has 0 radical (unpaired) electrons. The molecule has 0 bridgehead atoms. The predicted molar refractivity (Wildman–Crippen MR) is 68.8 cm³/mol. The molecule has 1 aliphatic heterocycles. The average molecular weight is 250 g/mol. The second-order valence-electron chi connectivity index (χ2n) is 4.27. The lowest BCUT2D eigenvalue weighted by Gasteiger charge is -2.31. The Hall–Kier alpha value is -0.320. The molecule has 0 aliphatic carbocycles. The third kappa shape index (κ3) is 5.68. The Bertz CT molecular complexity index is 200. The van der Waals surface area contributed by atoms with Crippen LogP contribution < -0.4 is 11.1 Å². The number of carbonyl (C=O) groups is 1. The average Bonchev–Trinajstić information content (AvgIpc) is 2.19. The Labute approximate surface area is 104 Å². The molecule has 0 aromatic heterocycles. The summed E-state index contributed by atoms with van der Waals surface area (Å²) in [4.78, 5) is 13.6. The van der Waals surface area contributed by atoms with Crippen molar-refractivity contribution in [2.45, 2.75) is 26.2 Å². The number of nitrogens with zero attached hydrogens (tertiary/aromatic N) is 1. The first-order chi connectivity index (χ1) is 7.26. The summed E-state index contributed by atoms with van der Waals surface area (Å²) >= 11 is 0. The second-order valence-corrected chi connectivity index (χ2v) is 4.27. The maximum atomic E-state index is 11.4. The molecule has 0 saturated carbocycles. The molecule has 1 saturated heterocycles. The largest absolute Gasteiger partial charge is 0.355 e. The van der Waals surface area contributed by atoms with Crippen LogP contribution >= 0.6 is 12.4 Å². The van der Waals surface area contributed by atoms with Crippen LogP contribution in [-0.4, -0.2) is 43.5 Å². The van der Waals surface area contributed by atoms with E-state index in [0.29, 0.717) is 12.5 Å². The summed E-state index contributed by atoms with van der Waals surface area (Å²) in [6, 6.07) is 0. The molecule has 1 aliphatic rings. The Kier molecular flexibility index (Phi) is 8.61. The van der Waals surface area contributed by atoms with Crippen molar-refractivity contribution in [2.75, 3.05) is 32.7 Å². The van der Waals surface area contributed by atoms with Gasteiger partial charge in [-0.3, -0.25) is 9.69 Å². The maximum Gasteiger partial charge on any atom is 0.234 e. The van der Waals surface area contributed by atoms with Crippen LogP contribution in [0.15, 0.2) is 0 Å². The van der Waals surface area contributed by atoms with Gasteiger partial charge in [-0.25, -0.2) is 0 Å². The van der Waals surface area contributed by atoms with E-state index in [9.17, 15) is 4.79 Å². The fourth-order valence-electron chi connectivity index (χ4n) is 2.22. The summed E-state index contributed by atoms with van der Waals surface area (Å²) in [7, 11) is 0. The molecule has 1 atom stereocenters. The van der Waals surface area contributed by atoms with Crippen molar-refractivity contribution in [1.29, 1.82) is 0 Å². The van der Waals surface area contributed by atoms with Crippen LogP contribution in [0.2, 0.25) is 0 Å². The summed E-state index contributed by atoms with van der Waals surface area (Å²) in [5, 5.41) is 2.83. The number of piperidine rings is 1. The van der Waals surface area contributed by atoms with Gasteiger partial charge in [-0.2, -0.15) is 0 Å². The van der Waals surface area contributed by atoms with E-state index in [0.717, 1.165) is 32.6 Å². The number of rotatable bonds is 5. The highest BCUT2D eigenvalue weighted by atomic mass is 35.5. The molecule has 1 amide bonds. The Morgan fingerprint density at radius 1 is 1.56 bits per heavy atom. The van der Waals surface area contributed by atoms with Crippen LogP contribution in [0.4, 0.5) is 0 Å². The van der Waals surface area contributed by atoms with E-state index >= 15 is 0 Å². The zero-order valence-electron chi connectivity index (χ0n) is 10.1. The van der Waals surface area contributed by atoms with Crippen molar-refractivity contribution >= 4 is 18.3 Å². The highest BCUT2D eigenvalue weighted by molar-refractivity contribution is 5.85. The van der Waals surface area contributed by atoms with Crippen molar-refractivity contribution in [1.82, 2.24) is 10.2 Å². The Morgan fingerprint density at radius 2 is 2.31 bits per heavy atom. The van der Waals surface area contributed by atoms with Gasteiger partial charge >= 0.3 is 0 Å². The standard InChI is InChI=1S/C11H23N3O.ClH/c1-2-13-11(15)9-14-7-3-4-10(8-14)5-6-12;/h10H,2-9,12H2,1H3,(H,13,15);1H. The van der Waals surface area contributed by atoms with E-state index < -0.39 is 0 Å². The smallest absolute Gasteiger partial charge is 0.234 e. The molecular formula is C11H24ClN3O. The van der Waals surface area contributed by atoms with Gasteiger partial charge in [-0.05, 0) is 45.2 Å². The van der Waals surface area contributed by atoms with Crippen LogP contribution in [0.25, 0.3) is 0 Å². The van der Waals surface area contributed by atoms with Gasteiger partial charge in [0.25, 0.3) is 0 Å². The van der Waals surface area contributed by atoms with Crippen LogP contribution in [0, 0.1) is 5.92 Å². The summed E-state index contributed by atoms with van der Waals surface area (Å²) in [6.07, 6.45) is 3.55. The molecule has 1 heterocycles. The topological polar surface area (TPSA) is 58.4 Å². The van der Waals surface area contributed by atoms with Gasteiger partial charge in [-0.15, -0.1) is 12.4 Å². The van der Waals surface area contributed by atoms with E-state index in [1.54, 1.807) is 0 Å². The minimum absolute atomic E-state index is 0. The number of likely N-dealkylation sites (tertiary alicyclic amines) is 1. The van der Waals surface area contributed by atoms with Gasteiger partial charge < -0.3 is 11.1 Å². The lowest BCUT2D eigenvalue weighted by molar-refractivity contribution is -0.122. The Balaban J connectivity index is 0.00000225. The normalized spacial score (nSPS) is 21.2. The third-order valence-corrected chi connectivity index (χ3v) is 2.92. The van der Waals surface area contributed by atoms with E-state index in [4.69, 9.17) is 5.73 Å². The maximum absolute atomic E-state index is 11.4. The van der Waals surface area contributed by atoms with Gasteiger partial charge in [0.15, 0.2) is 0 Å². The molecular weight excluding hydrogens is 226 g/mol. The van der Waals surface area contributed by atoms with Crippen LogP contribution in [0.5, 0.6) is 0 Å². The highest BCUT2D eigenvalue weighted by Gasteiger charge is 2.20. The minimum Gasteiger partial charge on any atom is -0.355 e. The zero-order chi connectivity index (χ0) is 11.1. The molecule has 5 heteroatoms. The van der Waals surface area contributed by atoms with E-state index in [1.807, 2.05) is 6.92 Å². The predicted octanol–water partition coefficient (Wildman–Crippen LogP) is 0.605. The van der Waals surface area contributed by atoms with Gasteiger partial charge in [0.1, 0.15) is 0 Å². The lowest BCUT2D eigenvalue weighted by atomic mass is 9.95. The SMILES string of the molecule is CCNC(=O)CN1CCCC(CCN)C1.Cl. The number of nitrogens with one attached hydrogen (secondary N) is 1. The van der Waals surface area contributed by atoms with E-state index in [-0.39, 0.29) is 18.3 Å². The van der Waals surface area contributed by atoms with Gasteiger partial charge in [0, 0.05) is 13.1 Å². The Morgan fingerprint density at radius 3 is 2.94 bits per heavy atom. The molecule has 4 nitrogen and oxygen atoms in total. The van der Waals surface area contributed by atoms with Gasteiger partial charge in [0.2, 0.25) is 5.91 Å². The van der Waals surface area contributed by atoms with Crippen LogP contribution in [-0.2, 0) is 4.79 Å². The summed E-state index contributed by atoms with van der Waals surface area (Å²) in [6.45, 7) is 6.07. The first-order valence-electron chi connectivity index (χ1n) is 5.95. The number of hydrogen-bond donors (Lipinski definition) is 2. The molecule has 1 fully saturated rings. The minimum atomic E-state index is 0. The van der Waals surface area contributed by atoms with Crippen molar-refractivity contribution in [3.8, 4) is 0 Å². The summed E-state index contributed by atoms with van der Waals surface area (Å²) in [5.74, 6) is 0.837. The summed E-state index contributed by atoms with van der Waals surface area (Å²) < 4.78 is 0. The number of halogens is 1. The highest BCUT2D eigenvalue weighted by Crippen LogP contribution is 2.18. The quantitative estimate of drug-likeness (QED) is 0.751. The molecule has 0 aromatic rings. The first kappa shape index (κ1) is 15.7. The molecule has 16 heavy (non-hydrogen) atoms. The molecule has 1 rings (SSSR count). The molecule has 96 valence electrons. The van der Waals surface area contributed by atoms with Crippen LogP contribution in [0.3, 0.4) is 0 Å². The number of hydrogen-bond acceptors (Lipinski definition) is 3. The second kappa shape index (κ2) is 8.79. The summed E-state index contributed by atoms with van der Waals surface area (Å²) in [5.41, 5.74) is 5.56. The monoisotopic (exact) mass is 249 g/mol. The van der Waals surface area contributed by atoms with Gasteiger partial charge in [0.05, 0.1) is 6.54 Å². The van der Waals surface area contributed by atoms with Crippen LogP contribution in [0.1, 0.15) is 26.2 Å². The third-order valence-electron chi connectivity index (χ3n) is 2.92. The fraction of sp³-hybridized carbons (Fsp3) is 0.909. The van der Waals surface area contributed by atoms with E-state index in [1.165, 1.54) is 12.8 Å². The molecule has 0 spiro atoms. The van der Waals surface area contributed by atoms with Crippen molar-refractivity contribution in [3.05, 3.63) is 0 Å². The number of likely N-dealkylation sites (N-methyl/N-ethyl adjacent to an activating group) is 1. The molecule has 1 unspecified atom stereocenters. The fourth-order valence-corrected chi connectivity index (χ4v) is 2.22. The first-order valence-corrected chi connectivity index (χ1v) is 5.95. The number of nitrogens with two attached hydrogens (primary N) is 1. The van der Waals surface area contributed by atoms with Crippen molar-refractivity contribution in [3.63, 3.8) is 0 Å². The van der Waals surface area contributed by atoms with Crippen molar-refractivity contribution in [2.24, 2.45) is 11.7 Å². The number of carbonyl (C=O) groups excluding carboxylic acids is 1. The van der Waals surface area contributed by atoms with Crippen molar-refractivity contribution < 1.29 is 4.79 Å². The van der Waals surface area contributed by atoms with Gasteiger partial charge in [-0.1, -0.05) is 0 Å². The van der Waals surface area contributed by atoms with E-state index in [2.05, 4.69) is 10.2 Å².